The fraction of sp³-hybridized carbons (Fsp3) is 0.167. The highest BCUT2D eigenvalue weighted by Crippen LogP contribution is 2.26. The van der Waals surface area contributed by atoms with E-state index in [9.17, 15) is 17.6 Å². The third-order valence-corrected chi connectivity index (χ3v) is 2.00. The van der Waals surface area contributed by atoms with Crippen molar-refractivity contribution in [2.75, 3.05) is 0 Å². The molecule has 0 heterocycles. The molecule has 0 fully saturated rings. The molecule has 0 aliphatic carbocycles. The summed E-state index contributed by atoms with van der Waals surface area (Å²) in [5.74, 6) is -5.54. The summed E-state index contributed by atoms with van der Waals surface area (Å²) in [6, 6.07) is 0. The van der Waals surface area contributed by atoms with Crippen LogP contribution >= 0.6 is 0 Å². The van der Waals surface area contributed by atoms with Crippen molar-refractivity contribution >= 4 is 12.2 Å². The van der Waals surface area contributed by atoms with Gasteiger partial charge in [0.15, 0.2) is 23.3 Å². The van der Waals surface area contributed by atoms with Crippen LogP contribution in [0.4, 0.5) is 17.6 Å². The minimum absolute atomic E-state index is 0.703. The number of allylic oxidation sites excluding steroid dienone is 2. The molecule has 0 nitrogen and oxygen atoms in total. The van der Waals surface area contributed by atoms with Crippen molar-refractivity contribution in [3.05, 3.63) is 46.5 Å². The monoisotopic (exact) mass is 230 g/mol. The molecule has 0 aromatic heterocycles. The van der Waals surface area contributed by atoms with Crippen LogP contribution in [0.2, 0.25) is 0 Å². The van der Waals surface area contributed by atoms with E-state index in [2.05, 4.69) is 0 Å². The Morgan fingerprint density at radius 3 is 1.06 bits per heavy atom. The molecular weight excluding hydrogens is 220 g/mol. The summed E-state index contributed by atoms with van der Waals surface area (Å²) < 4.78 is 53.4. The standard InChI is InChI=1S/C12H10F4/c1-3-5-7-9(13)11(15)8(6-4-2)12(16)10(7)14/h3-6H,1-2H3. The summed E-state index contributed by atoms with van der Waals surface area (Å²) in [4.78, 5) is 0. The molecule has 1 aromatic carbocycles. The van der Waals surface area contributed by atoms with Gasteiger partial charge < -0.3 is 0 Å². The van der Waals surface area contributed by atoms with Gasteiger partial charge >= 0.3 is 0 Å². The smallest absolute Gasteiger partial charge is 0.169 e. The van der Waals surface area contributed by atoms with E-state index in [4.69, 9.17) is 0 Å². The Hall–Kier alpha value is -1.58. The van der Waals surface area contributed by atoms with Gasteiger partial charge in [-0.25, -0.2) is 17.6 Å². The van der Waals surface area contributed by atoms with Gasteiger partial charge in [0.1, 0.15) is 0 Å². The highest BCUT2D eigenvalue weighted by Gasteiger charge is 2.22. The fourth-order valence-electron chi connectivity index (χ4n) is 1.29. The van der Waals surface area contributed by atoms with Crippen LogP contribution in [0, 0.1) is 23.3 Å². The maximum atomic E-state index is 13.3. The van der Waals surface area contributed by atoms with Crippen LogP contribution in [-0.4, -0.2) is 0 Å². The average molecular weight is 230 g/mol. The molecule has 0 aliphatic rings. The summed E-state index contributed by atoms with van der Waals surface area (Å²) in [6.07, 6.45) is 4.57. The zero-order valence-corrected chi connectivity index (χ0v) is 8.82. The van der Waals surface area contributed by atoms with Crippen molar-refractivity contribution in [1.29, 1.82) is 0 Å². The number of hydrogen-bond acceptors (Lipinski definition) is 0. The van der Waals surface area contributed by atoms with Crippen molar-refractivity contribution in [2.45, 2.75) is 13.8 Å². The van der Waals surface area contributed by atoms with Crippen LogP contribution in [0.25, 0.3) is 12.2 Å². The van der Waals surface area contributed by atoms with Gasteiger partial charge in [-0.1, -0.05) is 24.3 Å². The zero-order valence-electron chi connectivity index (χ0n) is 8.82. The van der Waals surface area contributed by atoms with E-state index in [1.165, 1.54) is 26.0 Å². The van der Waals surface area contributed by atoms with Crippen LogP contribution in [-0.2, 0) is 0 Å². The normalized spacial score (nSPS) is 11.9. The Morgan fingerprint density at radius 2 is 0.875 bits per heavy atom. The minimum Gasteiger partial charge on any atom is -0.203 e. The van der Waals surface area contributed by atoms with E-state index < -0.39 is 34.4 Å². The average Bonchev–Trinajstić information content (AvgIpc) is 2.28. The second-order valence-corrected chi connectivity index (χ2v) is 3.08. The lowest BCUT2D eigenvalue weighted by Crippen LogP contribution is -2.03. The lowest BCUT2D eigenvalue weighted by Gasteiger charge is -2.06. The number of hydrogen-bond donors (Lipinski definition) is 0. The van der Waals surface area contributed by atoms with Gasteiger partial charge in [-0.05, 0) is 13.8 Å². The summed E-state index contributed by atoms with van der Waals surface area (Å²) >= 11 is 0. The van der Waals surface area contributed by atoms with E-state index in [0.717, 1.165) is 12.2 Å². The van der Waals surface area contributed by atoms with E-state index in [1.54, 1.807) is 0 Å². The van der Waals surface area contributed by atoms with E-state index in [0.29, 0.717) is 0 Å². The van der Waals surface area contributed by atoms with Gasteiger partial charge in [-0.2, -0.15) is 0 Å². The quantitative estimate of drug-likeness (QED) is 0.524. The molecule has 0 saturated carbocycles. The molecule has 0 saturated heterocycles. The summed E-state index contributed by atoms with van der Waals surface area (Å²) in [6.45, 7) is 2.99. The Balaban J connectivity index is 3.62. The van der Waals surface area contributed by atoms with Crippen LogP contribution in [0.15, 0.2) is 12.2 Å². The van der Waals surface area contributed by atoms with Crippen LogP contribution in [0.1, 0.15) is 25.0 Å². The van der Waals surface area contributed by atoms with Gasteiger partial charge in [-0.3, -0.25) is 0 Å². The predicted molar refractivity (Wildman–Crippen MR) is 55.7 cm³/mol. The van der Waals surface area contributed by atoms with Gasteiger partial charge in [0.2, 0.25) is 0 Å². The minimum atomic E-state index is -1.38. The van der Waals surface area contributed by atoms with Crippen molar-refractivity contribution < 1.29 is 17.6 Å². The third-order valence-electron chi connectivity index (χ3n) is 2.00. The Morgan fingerprint density at radius 1 is 0.625 bits per heavy atom. The van der Waals surface area contributed by atoms with Gasteiger partial charge in [0.05, 0.1) is 11.1 Å². The molecule has 1 aromatic rings. The topological polar surface area (TPSA) is 0 Å². The number of benzene rings is 1. The maximum Gasteiger partial charge on any atom is 0.169 e. The summed E-state index contributed by atoms with van der Waals surface area (Å²) in [5, 5.41) is 0. The van der Waals surface area contributed by atoms with E-state index in [-0.39, 0.29) is 0 Å². The first-order valence-corrected chi connectivity index (χ1v) is 4.65. The molecule has 86 valence electrons. The molecule has 4 heteroatoms. The zero-order chi connectivity index (χ0) is 12.3. The lowest BCUT2D eigenvalue weighted by molar-refractivity contribution is 0.448. The molecule has 0 bridgehead atoms. The molecule has 0 unspecified atom stereocenters. The van der Waals surface area contributed by atoms with Crippen molar-refractivity contribution in [3.63, 3.8) is 0 Å². The first-order chi connectivity index (χ1) is 7.54. The highest BCUT2D eigenvalue weighted by molar-refractivity contribution is 5.58. The van der Waals surface area contributed by atoms with Crippen molar-refractivity contribution in [3.8, 4) is 0 Å². The molecule has 0 amide bonds. The summed E-state index contributed by atoms with van der Waals surface area (Å²) in [7, 11) is 0. The summed E-state index contributed by atoms with van der Waals surface area (Å²) in [5.41, 5.74) is -1.41. The number of rotatable bonds is 2. The molecule has 0 N–H and O–H groups in total. The van der Waals surface area contributed by atoms with Gasteiger partial charge in [0, 0.05) is 0 Å². The molecule has 0 atom stereocenters. The number of halogens is 4. The molecule has 0 spiro atoms. The second-order valence-electron chi connectivity index (χ2n) is 3.08. The maximum absolute atomic E-state index is 13.3. The predicted octanol–water partition coefficient (Wildman–Crippen LogP) is 4.31. The molecular formula is C12H10F4. The Bertz CT molecular complexity index is 387. The van der Waals surface area contributed by atoms with Crippen LogP contribution in [0.3, 0.4) is 0 Å². The van der Waals surface area contributed by atoms with E-state index >= 15 is 0 Å². The van der Waals surface area contributed by atoms with Crippen molar-refractivity contribution in [2.24, 2.45) is 0 Å². The third kappa shape index (κ3) is 2.01. The molecule has 1 rings (SSSR count). The fourth-order valence-corrected chi connectivity index (χ4v) is 1.29. The first-order valence-electron chi connectivity index (χ1n) is 4.65. The first kappa shape index (κ1) is 12.5. The Labute approximate surface area is 90.9 Å². The largest absolute Gasteiger partial charge is 0.203 e. The SMILES string of the molecule is CC=Cc1c(F)c(F)c(C=CC)c(F)c1F. The van der Waals surface area contributed by atoms with Crippen LogP contribution < -0.4 is 0 Å². The van der Waals surface area contributed by atoms with Crippen LogP contribution in [0.5, 0.6) is 0 Å². The second kappa shape index (κ2) is 4.96. The Kier molecular flexibility index (Phi) is 3.88. The lowest BCUT2D eigenvalue weighted by atomic mass is 10.1. The molecule has 0 radical (unpaired) electrons. The van der Waals surface area contributed by atoms with Gasteiger partial charge in [0.25, 0.3) is 0 Å². The molecule has 16 heavy (non-hydrogen) atoms. The van der Waals surface area contributed by atoms with Gasteiger partial charge in [-0.15, -0.1) is 0 Å². The van der Waals surface area contributed by atoms with E-state index in [1.807, 2.05) is 0 Å². The molecule has 0 aliphatic heterocycles. The highest BCUT2D eigenvalue weighted by atomic mass is 19.2. The van der Waals surface area contributed by atoms with Crippen molar-refractivity contribution in [1.82, 2.24) is 0 Å².